The lowest BCUT2D eigenvalue weighted by molar-refractivity contribution is -0.124. The van der Waals surface area contributed by atoms with Crippen LogP contribution in [0.5, 0.6) is 0 Å². The number of hydroxylamine groups is 2. The van der Waals surface area contributed by atoms with Crippen molar-refractivity contribution in [3.63, 3.8) is 0 Å². The van der Waals surface area contributed by atoms with E-state index >= 15 is 0 Å². The molecule has 1 aliphatic heterocycles. The SMILES string of the molecule is CC(C)(C)c1ncc2ncn([C@@H]3CCCN3O)c2n1. The maximum atomic E-state index is 9.89. The van der Waals surface area contributed by atoms with Gasteiger partial charge in [-0.2, -0.15) is 5.06 Å². The van der Waals surface area contributed by atoms with Crippen molar-refractivity contribution < 1.29 is 5.21 Å². The number of rotatable bonds is 1. The van der Waals surface area contributed by atoms with Crippen LogP contribution in [0.3, 0.4) is 0 Å². The molecule has 0 unspecified atom stereocenters. The minimum atomic E-state index is -0.0993. The van der Waals surface area contributed by atoms with Crippen molar-refractivity contribution in [3.05, 3.63) is 18.3 Å². The fourth-order valence-electron chi connectivity index (χ4n) is 2.42. The lowest BCUT2D eigenvalue weighted by Gasteiger charge is -2.20. The van der Waals surface area contributed by atoms with Gasteiger partial charge in [-0.15, -0.1) is 0 Å². The second-order valence-electron chi connectivity index (χ2n) is 6.09. The first-order valence-electron chi connectivity index (χ1n) is 6.62. The van der Waals surface area contributed by atoms with E-state index in [1.165, 1.54) is 5.06 Å². The van der Waals surface area contributed by atoms with Gasteiger partial charge in [-0.3, -0.25) is 4.57 Å². The normalized spacial score (nSPS) is 21.4. The number of fused-ring (bicyclic) bond motifs is 1. The number of aromatic nitrogens is 4. The van der Waals surface area contributed by atoms with Crippen LogP contribution in [0.25, 0.3) is 11.2 Å². The fraction of sp³-hybridized carbons (Fsp3) is 0.615. The first-order valence-corrected chi connectivity index (χ1v) is 6.62. The van der Waals surface area contributed by atoms with Crippen LogP contribution in [0.4, 0.5) is 0 Å². The largest absolute Gasteiger partial charge is 0.312 e. The highest BCUT2D eigenvalue weighted by atomic mass is 16.5. The van der Waals surface area contributed by atoms with Crippen LogP contribution in [-0.4, -0.2) is 36.3 Å². The average Bonchev–Trinajstić information content (AvgIpc) is 2.92. The smallest absolute Gasteiger partial charge is 0.164 e. The molecular formula is C13H19N5O. The summed E-state index contributed by atoms with van der Waals surface area (Å²) in [6.45, 7) is 6.95. The summed E-state index contributed by atoms with van der Waals surface area (Å²) >= 11 is 0. The first kappa shape index (κ1) is 12.5. The Labute approximate surface area is 112 Å². The van der Waals surface area contributed by atoms with Crippen molar-refractivity contribution >= 4 is 11.2 Å². The summed E-state index contributed by atoms with van der Waals surface area (Å²) in [5.74, 6) is 0.796. The molecule has 1 N–H and O–H groups in total. The Morgan fingerprint density at radius 2 is 2.11 bits per heavy atom. The van der Waals surface area contributed by atoms with E-state index in [-0.39, 0.29) is 11.6 Å². The zero-order valence-electron chi connectivity index (χ0n) is 11.5. The molecule has 1 saturated heterocycles. The van der Waals surface area contributed by atoms with Gasteiger partial charge in [0.1, 0.15) is 17.5 Å². The van der Waals surface area contributed by atoms with Gasteiger partial charge in [0, 0.05) is 12.0 Å². The van der Waals surface area contributed by atoms with E-state index < -0.39 is 0 Å². The Morgan fingerprint density at radius 1 is 1.32 bits per heavy atom. The molecule has 0 aromatic carbocycles. The Bertz CT molecular complexity index is 601. The zero-order chi connectivity index (χ0) is 13.6. The third kappa shape index (κ3) is 2.11. The lowest BCUT2D eigenvalue weighted by Crippen LogP contribution is -2.24. The quantitative estimate of drug-likeness (QED) is 0.851. The predicted molar refractivity (Wildman–Crippen MR) is 70.8 cm³/mol. The Morgan fingerprint density at radius 3 is 2.74 bits per heavy atom. The molecule has 102 valence electrons. The molecule has 0 saturated carbocycles. The number of imidazole rings is 1. The standard InChI is InChI=1S/C13H19N5O/c1-13(2,3)12-14-7-9-11(16-12)17(8-15-9)10-5-4-6-18(10)19/h7-8,10,19H,4-6H2,1-3H3/t10-/m0/s1. The van der Waals surface area contributed by atoms with Crippen LogP contribution in [-0.2, 0) is 5.41 Å². The predicted octanol–water partition coefficient (Wildman–Crippen LogP) is 2.11. The molecule has 3 heterocycles. The number of hydrogen-bond donors (Lipinski definition) is 1. The molecule has 6 heteroatoms. The van der Waals surface area contributed by atoms with Crippen molar-refractivity contribution in [1.29, 1.82) is 0 Å². The molecule has 1 aliphatic rings. The number of hydrogen-bond acceptors (Lipinski definition) is 5. The molecule has 19 heavy (non-hydrogen) atoms. The van der Waals surface area contributed by atoms with Gasteiger partial charge in [-0.05, 0) is 12.8 Å². The van der Waals surface area contributed by atoms with Crippen molar-refractivity contribution in [3.8, 4) is 0 Å². The minimum Gasteiger partial charge on any atom is -0.312 e. The number of nitrogens with zero attached hydrogens (tertiary/aromatic N) is 5. The van der Waals surface area contributed by atoms with Crippen molar-refractivity contribution in [1.82, 2.24) is 24.6 Å². The van der Waals surface area contributed by atoms with E-state index in [0.29, 0.717) is 6.54 Å². The third-order valence-electron chi connectivity index (χ3n) is 3.50. The van der Waals surface area contributed by atoms with Gasteiger partial charge in [0.25, 0.3) is 0 Å². The molecule has 1 fully saturated rings. The molecule has 3 rings (SSSR count). The second-order valence-corrected chi connectivity index (χ2v) is 6.09. The van der Waals surface area contributed by atoms with Gasteiger partial charge >= 0.3 is 0 Å². The van der Waals surface area contributed by atoms with Gasteiger partial charge in [0.05, 0.1) is 12.5 Å². The summed E-state index contributed by atoms with van der Waals surface area (Å²) in [4.78, 5) is 13.3. The van der Waals surface area contributed by atoms with Crippen LogP contribution in [0, 0.1) is 0 Å². The molecule has 0 aliphatic carbocycles. The Hall–Kier alpha value is -1.53. The molecule has 0 spiro atoms. The van der Waals surface area contributed by atoms with Gasteiger partial charge in [0.2, 0.25) is 0 Å². The van der Waals surface area contributed by atoms with Crippen molar-refractivity contribution in [2.75, 3.05) is 6.54 Å². The van der Waals surface area contributed by atoms with Gasteiger partial charge in [-0.1, -0.05) is 20.8 Å². The summed E-state index contributed by atoms with van der Waals surface area (Å²) in [6.07, 6.45) is 5.34. The minimum absolute atomic E-state index is 0.0623. The van der Waals surface area contributed by atoms with E-state index in [1.54, 1.807) is 12.5 Å². The molecular weight excluding hydrogens is 242 g/mol. The van der Waals surface area contributed by atoms with E-state index in [0.717, 1.165) is 29.8 Å². The Balaban J connectivity index is 2.10. The van der Waals surface area contributed by atoms with Crippen molar-refractivity contribution in [2.45, 2.75) is 45.2 Å². The molecule has 0 amide bonds. The van der Waals surface area contributed by atoms with E-state index in [9.17, 15) is 5.21 Å². The summed E-state index contributed by atoms with van der Waals surface area (Å²) in [5.41, 5.74) is 1.47. The fourth-order valence-corrected chi connectivity index (χ4v) is 2.42. The topological polar surface area (TPSA) is 67.1 Å². The first-order chi connectivity index (χ1) is 8.97. The Kier molecular flexibility index (Phi) is 2.79. The maximum absolute atomic E-state index is 9.89. The molecule has 2 aromatic heterocycles. The van der Waals surface area contributed by atoms with Gasteiger partial charge in [0.15, 0.2) is 5.65 Å². The van der Waals surface area contributed by atoms with E-state index in [4.69, 9.17) is 0 Å². The van der Waals surface area contributed by atoms with Gasteiger partial charge < -0.3 is 5.21 Å². The highest BCUT2D eigenvalue weighted by Gasteiger charge is 2.27. The molecule has 2 aromatic rings. The third-order valence-corrected chi connectivity index (χ3v) is 3.50. The lowest BCUT2D eigenvalue weighted by atomic mass is 9.96. The summed E-state index contributed by atoms with van der Waals surface area (Å²) in [6, 6.07) is 0. The van der Waals surface area contributed by atoms with Crippen LogP contribution in [0.2, 0.25) is 0 Å². The zero-order valence-corrected chi connectivity index (χ0v) is 11.5. The van der Waals surface area contributed by atoms with E-state index in [1.807, 2.05) is 4.57 Å². The highest BCUT2D eigenvalue weighted by molar-refractivity contribution is 5.69. The molecule has 1 atom stereocenters. The van der Waals surface area contributed by atoms with Crippen LogP contribution in [0.15, 0.2) is 12.5 Å². The summed E-state index contributed by atoms with van der Waals surface area (Å²) < 4.78 is 1.94. The van der Waals surface area contributed by atoms with Crippen LogP contribution in [0.1, 0.15) is 45.6 Å². The maximum Gasteiger partial charge on any atom is 0.164 e. The average molecular weight is 261 g/mol. The highest BCUT2D eigenvalue weighted by Crippen LogP contribution is 2.28. The molecule has 0 radical (unpaired) electrons. The molecule has 0 bridgehead atoms. The van der Waals surface area contributed by atoms with Crippen LogP contribution >= 0.6 is 0 Å². The monoisotopic (exact) mass is 261 g/mol. The molecule has 6 nitrogen and oxygen atoms in total. The summed E-state index contributed by atoms with van der Waals surface area (Å²) in [7, 11) is 0. The second kappa shape index (κ2) is 4.25. The van der Waals surface area contributed by atoms with Crippen LogP contribution < -0.4 is 0 Å². The van der Waals surface area contributed by atoms with E-state index in [2.05, 4.69) is 35.7 Å². The van der Waals surface area contributed by atoms with Crippen molar-refractivity contribution in [2.24, 2.45) is 0 Å². The van der Waals surface area contributed by atoms with Gasteiger partial charge in [-0.25, -0.2) is 15.0 Å². The summed E-state index contributed by atoms with van der Waals surface area (Å²) in [5, 5.41) is 11.3.